The first-order valence-corrected chi connectivity index (χ1v) is 10.4. The fourth-order valence-corrected chi connectivity index (χ4v) is 4.29. The standard InChI is InChI=1S/C21H28FN3O5.ClH/c22-15-1-3-17(4-2-15)29-10-18-9-25(19(27)11-30-18)16-5-7-24(8-6-16)20(28)21(14-26)12-23-13-21;/h1-4,16,18,23,26H,5-14H2;1H. The van der Waals surface area contributed by atoms with Crippen LogP contribution in [0.5, 0.6) is 5.75 Å². The van der Waals surface area contributed by atoms with Gasteiger partial charge in [0.15, 0.2) is 0 Å². The molecule has 0 aliphatic carbocycles. The Kier molecular flexibility index (Phi) is 7.74. The molecule has 1 atom stereocenters. The summed E-state index contributed by atoms with van der Waals surface area (Å²) in [6.45, 7) is 2.76. The van der Waals surface area contributed by atoms with Crippen LogP contribution in [0.1, 0.15) is 12.8 Å². The number of nitrogens with zero attached hydrogens (tertiary/aromatic N) is 2. The van der Waals surface area contributed by atoms with Crippen LogP contribution in [0, 0.1) is 11.2 Å². The molecule has 31 heavy (non-hydrogen) atoms. The minimum atomic E-state index is -0.676. The SMILES string of the molecule is Cl.O=C1COC(COc2ccc(F)cc2)CN1C1CCN(C(=O)C2(CO)CNC2)CC1. The van der Waals surface area contributed by atoms with Gasteiger partial charge in [-0.2, -0.15) is 0 Å². The second kappa shape index (κ2) is 10.1. The quantitative estimate of drug-likeness (QED) is 0.643. The highest BCUT2D eigenvalue weighted by Gasteiger charge is 2.47. The molecule has 0 radical (unpaired) electrons. The number of halogens is 2. The number of nitrogens with one attached hydrogen (secondary N) is 1. The average molecular weight is 458 g/mol. The van der Waals surface area contributed by atoms with E-state index in [0.717, 1.165) is 0 Å². The van der Waals surface area contributed by atoms with E-state index in [-0.39, 0.29) is 62.0 Å². The van der Waals surface area contributed by atoms with Crippen molar-refractivity contribution in [1.82, 2.24) is 15.1 Å². The molecule has 1 aromatic carbocycles. The van der Waals surface area contributed by atoms with Crippen LogP contribution in [0.4, 0.5) is 4.39 Å². The second-order valence-corrected chi connectivity index (χ2v) is 8.31. The highest BCUT2D eigenvalue weighted by molar-refractivity contribution is 5.85. The van der Waals surface area contributed by atoms with Gasteiger partial charge in [0.2, 0.25) is 11.8 Å². The highest BCUT2D eigenvalue weighted by Crippen LogP contribution is 2.28. The molecule has 4 rings (SSSR count). The number of piperidine rings is 1. The monoisotopic (exact) mass is 457 g/mol. The first-order valence-electron chi connectivity index (χ1n) is 10.4. The van der Waals surface area contributed by atoms with Gasteiger partial charge in [-0.1, -0.05) is 0 Å². The summed E-state index contributed by atoms with van der Waals surface area (Å²) in [6.07, 6.45) is 1.15. The van der Waals surface area contributed by atoms with Gasteiger partial charge < -0.3 is 29.7 Å². The Labute approximate surface area is 187 Å². The van der Waals surface area contributed by atoms with Crippen LogP contribution in [0.15, 0.2) is 24.3 Å². The van der Waals surface area contributed by atoms with E-state index < -0.39 is 5.41 Å². The van der Waals surface area contributed by atoms with Crippen LogP contribution >= 0.6 is 12.4 Å². The maximum absolute atomic E-state index is 13.0. The molecule has 0 saturated carbocycles. The van der Waals surface area contributed by atoms with Crippen molar-refractivity contribution in [3.63, 3.8) is 0 Å². The zero-order valence-corrected chi connectivity index (χ0v) is 18.1. The number of ether oxygens (including phenoxy) is 2. The summed E-state index contributed by atoms with van der Waals surface area (Å²) < 4.78 is 24.3. The molecule has 3 aliphatic rings. The van der Waals surface area contributed by atoms with Crippen LogP contribution in [-0.4, -0.2) is 91.4 Å². The zero-order valence-electron chi connectivity index (χ0n) is 17.3. The number of amides is 2. The van der Waals surface area contributed by atoms with Gasteiger partial charge in [-0.15, -0.1) is 12.4 Å². The Morgan fingerprint density at radius 1 is 1.26 bits per heavy atom. The third-order valence-electron chi connectivity index (χ3n) is 6.29. The molecule has 10 heteroatoms. The summed E-state index contributed by atoms with van der Waals surface area (Å²) >= 11 is 0. The van der Waals surface area contributed by atoms with E-state index in [1.807, 2.05) is 9.80 Å². The largest absolute Gasteiger partial charge is 0.491 e. The molecule has 0 spiro atoms. The highest BCUT2D eigenvalue weighted by atomic mass is 35.5. The van der Waals surface area contributed by atoms with Crippen molar-refractivity contribution in [3.8, 4) is 5.75 Å². The molecule has 3 fully saturated rings. The summed E-state index contributed by atoms with van der Waals surface area (Å²) in [6, 6.07) is 5.85. The van der Waals surface area contributed by atoms with Crippen LogP contribution in [0.2, 0.25) is 0 Å². The van der Waals surface area contributed by atoms with Gasteiger partial charge in [0, 0.05) is 32.2 Å². The molecule has 3 aliphatic heterocycles. The number of carbonyl (C=O) groups excluding carboxylic acids is 2. The molecular formula is C21H29ClFN3O5. The lowest BCUT2D eigenvalue weighted by Gasteiger charge is -2.46. The molecule has 1 aromatic rings. The Balaban J connectivity index is 0.00000272. The second-order valence-electron chi connectivity index (χ2n) is 8.31. The van der Waals surface area contributed by atoms with E-state index >= 15 is 0 Å². The third kappa shape index (κ3) is 5.11. The number of carbonyl (C=O) groups is 2. The molecular weight excluding hydrogens is 429 g/mol. The topological polar surface area (TPSA) is 91.3 Å². The predicted octanol–water partition coefficient (Wildman–Crippen LogP) is 0.427. The van der Waals surface area contributed by atoms with Gasteiger partial charge in [0.25, 0.3) is 0 Å². The summed E-state index contributed by atoms with van der Waals surface area (Å²) in [7, 11) is 0. The number of aliphatic hydroxyl groups is 1. The Bertz CT molecular complexity index is 763. The van der Waals surface area contributed by atoms with Crippen LogP contribution in [-0.2, 0) is 14.3 Å². The Morgan fingerprint density at radius 2 is 1.94 bits per heavy atom. The normalized spacial score (nSPS) is 23.7. The number of hydrogen-bond acceptors (Lipinski definition) is 6. The zero-order chi connectivity index (χ0) is 21.1. The molecule has 0 aromatic heterocycles. The predicted molar refractivity (Wildman–Crippen MR) is 113 cm³/mol. The average Bonchev–Trinajstić information content (AvgIpc) is 2.74. The molecule has 2 amide bonds. The van der Waals surface area contributed by atoms with Crippen molar-refractivity contribution >= 4 is 24.2 Å². The van der Waals surface area contributed by atoms with Crippen molar-refractivity contribution in [1.29, 1.82) is 0 Å². The summed E-state index contributed by atoms with van der Waals surface area (Å²) in [5, 5.41) is 12.7. The Morgan fingerprint density at radius 3 is 2.52 bits per heavy atom. The van der Waals surface area contributed by atoms with Gasteiger partial charge >= 0.3 is 0 Å². The lowest BCUT2D eigenvalue weighted by molar-refractivity contribution is -0.157. The number of likely N-dealkylation sites (tertiary alicyclic amines) is 1. The molecule has 3 saturated heterocycles. The first kappa shape index (κ1) is 23.7. The van der Waals surface area contributed by atoms with Crippen molar-refractivity contribution in [2.75, 3.05) is 52.5 Å². The van der Waals surface area contributed by atoms with E-state index in [4.69, 9.17) is 9.47 Å². The summed E-state index contributed by atoms with van der Waals surface area (Å²) in [5.74, 6) is 0.184. The van der Waals surface area contributed by atoms with Crippen molar-refractivity contribution in [2.24, 2.45) is 5.41 Å². The van der Waals surface area contributed by atoms with Crippen molar-refractivity contribution < 1.29 is 28.6 Å². The molecule has 172 valence electrons. The molecule has 2 N–H and O–H groups in total. The minimum Gasteiger partial charge on any atom is -0.491 e. The van der Waals surface area contributed by atoms with Gasteiger partial charge in [-0.3, -0.25) is 9.59 Å². The van der Waals surface area contributed by atoms with Crippen LogP contribution in [0.3, 0.4) is 0 Å². The lowest BCUT2D eigenvalue weighted by atomic mass is 9.80. The van der Waals surface area contributed by atoms with E-state index in [2.05, 4.69) is 5.32 Å². The van der Waals surface area contributed by atoms with Gasteiger partial charge in [-0.25, -0.2) is 4.39 Å². The van der Waals surface area contributed by atoms with Crippen molar-refractivity contribution in [3.05, 3.63) is 30.1 Å². The number of benzene rings is 1. The lowest BCUT2D eigenvalue weighted by Crippen LogP contribution is -2.65. The molecule has 8 nitrogen and oxygen atoms in total. The number of hydrogen-bond donors (Lipinski definition) is 2. The fraction of sp³-hybridized carbons (Fsp3) is 0.619. The van der Waals surface area contributed by atoms with Gasteiger partial charge in [0.05, 0.1) is 18.6 Å². The molecule has 1 unspecified atom stereocenters. The first-order chi connectivity index (χ1) is 14.5. The number of rotatable bonds is 6. The number of morpholine rings is 1. The number of aliphatic hydroxyl groups excluding tert-OH is 1. The van der Waals surface area contributed by atoms with Gasteiger partial charge in [-0.05, 0) is 37.1 Å². The van der Waals surface area contributed by atoms with E-state index in [0.29, 0.717) is 51.3 Å². The minimum absolute atomic E-state index is 0. The van der Waals surface area contributed by atoms with E-state index in [1.165, 1.54) is 12.1 Å². The summed E-state index contributed by atoms with van der Waals surface area (Å²) in [5.41, 5.74) is -0.676. The Hall–Kier alpha value is -1.94. The maximum atomic E-state index is 13.0. The van der Waals surface area contributed by atoms with E-state index in [9.17, 15) is 19.1 Å². The maximum Gasteiger partial charge on any atom is 0.248 e. The van der Waals surface area contributed by atoms with E-state index in [1.54, 1.807) is 12.1 Å². The van der Waals surface area contributed by atoms with Crippen LogP contribution in [0.25, 0.3) is 0 Å². The third-order valence-corrected chi connectivity index (χ3v) is 6.29. The smallest absolute Gasteiger partial charge is 0.248 e. The van der Waals surface area contributed by atoms with Crippen molar-refractivity contribution in [2.45, 2.75) is 25.0 Å². The fourth-order valence-electron chi connectivity index (χ4n) is 4.29. The van der Waals surface area contributed by atoms with Crippen LogP contribution < -0.4 is 10.1 Å². The molecule has 3 heterocycles. The summed E-state index contributed by atoms with van der Waals surface area (Å²) in [4.78, 5) is 28.8. The molecule has 0 bridgehead atoms. The van der Waals surface area contributed by atoms with Gasteiger partial charge in [0.1, 0.15) is 30.9 Å².